The van der Waals surface area contributed by atoms with Gasteiger partial charge in [-0.15, -0.1) is 35.3 Å². The summed E-state index contributed by atoms with van der Waals surface area (Å²) in [5.41, 5.74) is 0. The van der Waals surface area contributed by atoms with Crippen LogP contribution in [-0.2, 0) is 6.42 Å². The van der Waals surface area contributed by atoms with E-state index < -0.39 is 0 Å². The first-order valence-electron chi connectivity index (χ1n) is 9.59. The SMILES string of the molecule is CN=C(NCCc1ncc(C)s1)NCC(C(C)C)N1CCC(C)CC1.I. The number of aliphatic imine (C=N–C) groups is 1. The van der Waals surface area contributed by atoms with Gasteiger partial charge >= 0.3 is 0 Å². The van der Waals surface area contributed by atoms with Crippen molar-refractivity contribution in [3.05, 3.63) is 16.1 Å². The summed E-state index contributed by atoms with van der Waals surface area (Å²) in [7, 11) is 1.84. The summed E-state index contributed by atoms with van der Waals surface area (Å²) in [6, 6.07) is 0.563. The molecule has 1 unspecified atom stereocenters. The molecule has 1 atom stereocenters. The third-order valence-electron chi connectivity index (χ3n) is 5.06. The number of hydrogen-bond donors (Lipinski definition) is 2. The van der Waals surface area contributed by atoms with Crippen molar-refractivity contribution in [2.75, 3.05) is 33.2 Å². The van der Waals surface area contributed by atoms with Gasteiger partial charge in [-0.3, -0.25) is 9.89 Å². The van der Waals surface area contributed by atoms with Crippen molar-refractivity contribution in [2.24, 2.45) is 16.8 Å². The fourth-order valence-corrected chi connectivity index (χ4v) is 4.16. The largest absolute Gasteiger partial charge is 0.356 e. The number of halogens is 1. The molecule has 0 aliphatic carbocycles. The highest BCUT2D eigenvalue weighted by Crippen LogP contribution is 2.21. The van der Waals surface area contributed by atoms with E-state index >= 15 is 0 Å². The molecule has 0 amide bonds. The van der Waals surface area contributed by atoms with Gasteiger partial charge in [-0.25, -0.2) is 4.98 Å². The third kappa shape index (κ3) is 7.68. The number of nitrogens with one attached hydrogen (secondary N) is 2. The molecule has 1 saturated heterocycles. The number of thiazole rings is 1. The molecule has 0 saturated carbocycles. The zero-order chi connectivity index (χ0) is 18.2. The molecular formula is C19H36IN5S. The summed E-state index contributed by atoms with van der Waals surface area (Å²) in [6.07, 6.45) is 5.53. The van der Waals surface area contributed by atoms with Crippen LogP contribution in [0.25, 0.3) is 0 Å². The molecule has 2 rings (SSSR count). The van der Waals surface area contributed by atoms with E-state index in [-0.39, 0.29) is 24.0 Å². The van der Waals surface area contributed by atoms with Crippen molar-refractivity contribution in [1.29, 1.82) is 0 Å². The van der Waals surface area contributed by atoms with E-state index in [9.17, 15) is 0 Å². The maximum atomic E-state index is 4.41. The van der Waals surface area contributed by atoms with Crippen LogP contribution >= 0.6 is 35.3 Å². The van der Waals surface area contributed by atoms with Crippen LogP contribution in [0.2, 0.25) is 0 Å². The van der Waals surface area contributed by atoms with Crippen LogP contribution in [0.3, 0.4) is 0 Å². The molecule has 2 N–H and O–H groups in total. The van der Waals surface area contributed by atoms with Crippen molar-refractivity contribution in [3.63, 3.8) is 0 Å². The van der Waals surface area contributed by atoms with E-state index in [2.05, 4.69) is 53.2 Å². The maximum absolute atomic E-state index is 4.41. The van der Waals surface area contributed by atoms with Gasteiger partial charge in [0.2, 0.25) is 0 Å². The molecule has 7 heteroatoms. The maximum Gasteiger partial charge on any atom is 0.191 e. The Bertz CT molecular complexity index is 538. The molecule has 1 aromatic heterocycles. The van der Waals surface area contributed by atoms with Crippen molar-refractivity contribution in [3.8, 4) is 0 Å². The molecule has 150 valence electrons. The zero-order valence-corrected chi connectivity index (χ0v) is 20.1. The Labute approximate surface area is 180 Å². The van der Waals surface area contributed by atoms with E-state index in [1.165, 1.54) is 35.8 Å². The van der Waals surface area contributed by atoms with Gasteiger partial charge < -0.3 is 10.6 Å². The summed E-state index contributed by atoms with van der Waals surface area (Å²) >= 11 is 1.77. The number of piperidine rings is 1. The molecule has 1 aliphatic heterocycles. The van der Waals surface area contributed by atoms with Crippen molar-refractivity contribution in [1.82, 2.24) is 20.5 Å². The molecule has 0 aromatic carbocycles. The van der Waals surface area contributed by atoms with Crippen LogP contribution in [0.15, 0.2) is 11.2 Å². The Hall–Kier alpha value is -0.410. The summed E-state index contributed by atoms with van der Waals surface area (Å²) in [5, 5.41) is 8.13. The minimum absolute atomic E-state index is 0. The van der Waals surface area contributed by atoms with Gasteiger partial charge in [0, 0.05) is 43.7 Å². The van der Waals surface area contributed by atoms with Crippen LogP contribution in [0.1, 0.15) is 43.5 Å². The standard InChI is InChI=1S/C19H35N5S.HI/c1-14(2)17(24-10-7-15(3)8-11-24)13-23-19(20-5)21-9-6-18-22-12-16(4)25-18;/h12,14-15,17H,6-11,13H2,1-5H3,(H2,20,21,23);1H. The lowest BCUT2D eigenvalue weighted by molar-refractivity contribution is 0.110. The zero-order valence-electron chi connectivity index (χ0n) is 16.9. The van der Waals surface area contributed by atoms with Gasteiger partial charge in [0.1, 0.15) is 0 Å². The Morgan fingerprint density at radius 2 is 2.04 bits per heavy atom. The number of rotatable bonds is 7. The van der Waals surface area contributed by atoms with Crippen LogP contribution in [0, 0.1) is 18.8 Å². The van der Waals surface area contributed by atoms with Crippen LogP contribution in [-0.4, -0.2) is 55.1 Å². The second kappa shape index (κ2) is 12.1. The lowest BCUT2D eigenvalue weighted by Crippen LogP contribution is -2.51. The highest BCUT2D eigenvalue weighted by Gasteiger charge is 2.25. The highest BCUT2D eigenvalue weighted by atomic mass is 127. The number of likely N-dealkylation sites (tertiary alicyclic amines) is 1. The number of nitrogens with zero attached hydrogens (tertiary/aromatic N) is 3. The van der Waals surface area contributed by atoms with E-state index in [1.54, 1.807) is 11.3 Å². The molecule has 26 heavy (non-hydrogen) atoms. The second-order valence-corrected chi connectivity index (χ2v) is 8.84. The van der Waals surface area contributed by atoms with Gasteiger partial charge in [0.15, 0.2) is 5.96 Å². The summed E-state index contributed by atoms with van der Waals surface area (Å²) in [5.74, 6) is 2.41. The Morgan fingerprint density at radius 3 is 2.58 bits per heavy atom. The molecule has 5 nitrogen and oxygen atoms in total. The molecule has 1 aromatic rings. The van der Waals surface area contributed by atoms with Crippen LogP contribution < -0.4 is 10.6 Å². The van der Waals surface area contributed by atoms with Gasteiger partial charge in [-0.2, -0.15) is 0 Å². The molecule has 2 heterocycles. The molecule has 0 bridgehead atoms. The summed E-state index contributed by atoms with van der Waals surface area (Å²) in [4.78, 5) is 12.7. The average Bonchev–Trinajstić information content (AvgIpc) is 3.00. The number of aryl methyl sites for hydroxylation is 1. The Kier molecular flexibility index (Phi) is 11.0. The Morgan fingerprint density at radius 1 is 1.35 bits per heavy atom. The summed E-state index contributed by atoms with van der Waals surface area (Å²) in [6.45, 7) is 13.4. The fraction of sp³-hybridized carbons (Fsp3) is 0.789. The van der Waals surface area contributed by atoms with Crippen molar-refractivity contribution in [2.45, 2.75) is 53.0 Å². The molecule has 1 fully saturated rings. The number of guanidine groups is 1. The van der Waals surface area contributed by atoms with Gasteiger partial charge in [-0.1, -0.05) is 20.8 Å². The topological polar surface area (TPSA) is 52.6 Å². The van der Waals surface area contributed by atoms with E-state index in [1.807, 2.05) is 13.2 Å². The van der Waals surface area contributed by atoms with Gasteiger partial charge in [0.05, 0.1) is 5.01 Å². The molecule has 0 spiro atoms. The molecule has 0 radical (unpaired) electrons. The predicted octanol–water partition coefficient (Wildman–Crippen LogP) is 3.53. The molecular weight excluding hydrogens is 457 g/mol. The monoisotopic (exact) mass is 493 g/mol. The smallest absolute Gasteiger partial charge is 0.191 e. The van der Waals surface area contributed by atoms with Crippen LogP contribution in [0.4, 0.5) is 0 Å². The van der Waals surface area contributed by atoms with Crippen molar-refractivity contribution >= 4 is 41.3 Å². The molecule has 1 aliphatic rings. The first kappa shape index (κ1) is 23.6. The number of hydrogen-bond acceptors (Lipinski definition) is 4. The quantitative estimate of drug-likeness (QED) is 0.347. The van der Waals surface area contributed by atoms with Crippen molar-refractivity contribution < 1.29 is 0 Å². The minimum Gasteiger partial charge on any atom is -0.356 e. The lowest BCUT2D eigenvalue weighted by Gasteiger charge is -2.39. The normalized spacial score (nSPS) is 17.8. The Balaban J connectivity index is 0.00000338. The highest BCUT2D eigenvalue weighted by molar-refractivity contribution is 14.0. The van der Waals surface area contributed by atoms with E-state index in [0.717, 1.165) is 31.4 Å². The first-order valence-corrected chi connectivity index (χ1v) is 10.4. The average molecular weight is 494 g/mol. The van der Waals surface area contributed by atoms with Gasteiger partial charge in [0.25, 0.3) is 0 Å². The van der Waals surface area contributed by atoms with Crippen LogP contribution in [0.5, 0.6) is 0 Å². The lowest BCUT2D eigenvalue weighted by atomic mass is 9.94. The van der Waals surface area contributed by atoms with Gasteiger partial charge in [-0.05, 0) is 44.7 Å². The first-order chi connectivity index (χ1) is 12.0. The fourth-order valence-electron chi connectivity index (χ4n) is 3.37. The predicted molar refractivity (Wildman–Crippen MR) is 124 cm³/mol. The minimum atomic E-state index is 0. The second-order valence-electron chi connectivity index (χ2n) is 7.52. The number of aromatic nitrogens is 1. The summed E-state index contributed by atoms with van der Waals surface area (Å²) < 4.78 is 0. The third-order valence-corrected chi connectivity index (χ3v) is 6.03. The van der Waals surface area contributed by atoms with E-state index in [4.69, 9.17) is 0 Å². The van der Waals surface area contributed by atoms with E-state index in [0.29, 0.717) is 12.0 Å².